The molecule has 0 atom stereocenters. The van der Waals surface area contributed by atoms with Gasteiger partial charge in [0.2, 0.25) is 0 Å². The van der Waals surface area contributed by atoms with Gasteiger partial charge in [-0.2, -0.15) is 0 Å². The van der Waals surface area contributed by atoms with E-state index in [0.717, 1.165) is 10.4 Å². The van der Waals surface area contributed by atoms with Crippen molar-refractivity contribution in [3.05, 3.63) is 41.0 Å². The van der Waals surface area contributed by atoms with Crippen molar-refractivity contribution in [1.82, 2.24) is 4.98 Å². The Bertz CT molecular complexity index is 491. The summed E-state index contributed by atoms with van der Waals surface area (Å²) in [6.07, 6.45) is 1.70. The Balaban J connectivity index is 2.52. The van der Waals surface area contributed by atoms with Crippen molar-refractivity contribution in [2.45, 2.75) is 6.92 Å². The molecule has 0 aromatic carbocycles. The molecular weight excluding hydrogens is 210 g/mol. The summed E-state index contributed by atoms with van der Waals surface area (Å²) in [5.41, 5.74) is 1.66. The summed E-state index contributed by atoms with van der Waals surface area (Å²) in [5, 5.41) is 10.9. The van der Waals surface area contributed by atoms with E-state index in [1.54, 1.807) is 30.5 Å². The molecule has 0 amide bonds. The number of nitrogens with zero attached hydrogens (tertiary/aromatic N) is 1. The van der Waals surface area contributed by atoms with Crippen molar-refractivity contribution >= 4 is 17.3 Å². The van der Waals surface area contributed by atoms with E-state index in [0.29, 0.717) is 5.69 Å². The fourth-order valence-corrected chi connectivity index (χ4v) is 2.04. The summed E-state index contributed by atoms with van der Waals surface area (Å²) in [6.45, 7) is 1.70. The number of thiophene rings is 1. The van der Waals surface area contributed by atoms with E-state index in [2.05, 4.69) is 4.98 Å². The molecule has 15 heavy (non-hydrogen) atoms. The van der Waals surface area contributed by atoms with Crippen LogP contribution in [0, 0.1) is 6.92 Å². The highest BCUT2D eigenvalue weighted by atomic mass is 32.1. The molecule has 0 bridgehead atoms. The smallest absolute Gasteiger partial charge is 0.337 e. The molecule has 2 rings (SSSR count). The maximum absolute atomic E-state index is 10.9. The Labute approximate surface area is 91.0 Å². The van der Waals surface area contributed by atoms with E-state index < -0.39 is 5.97 Å². The average Bonchev–Trinajstić information content (AvgIpc) is 2.71. The summed E-state index contributed by atoms with van der Waals surface area (Å²) in [7, 11) is 0. The lowest BCUT2D eigenvalue weighted by atomic mass is 10.1. The Morgan fingerprint density at radius 2 is 2.33 bits per heavy atom. The molecule has 4 heteroatoms. The minimum absolute atomic E-state index is 0.265. The highest BCUT2D eigenvalue weighted by Crippen LogP contribution is 2.25. The number of pyridine rings is 1. The van der Waals surface area contributed by atoms with Crippen molar-refractivity contribution in [1.29, 1.82) is 0 Å². The molecule has 0 spiro atoms. The number of hydrogen-bond acceptors (Lipinski definition) is 3. The third kappa shape index (κ3) is 1.89. The molecule has 0 aliphatic carbocycles. The molecule has 1 N–H and O–H groups in total. The summed E-state index contributed by atoms with van der Waals surface area (Å²) in [6, 6.07) is 5.54. The molecule has 0 radical (unpaired) electrons. The van der Waals surface area contributed by atoms with Gasteiger partial charge in [-0.1, -0.05) is 6.07 Å². The fourth-order valence-electron chi connectivity index (χ4n) is 1.33. The number of rotatable bonds is 2. The highest BCUT2D eigenvalue weighted by Gasteiger charge is 2.10. The first-order chi connectivity index (χ1) is 7.18. The molecule has 0 aliphatic heterocycles. The van der Waals surface area contributed by atoms with Crippen LogP contribution in [0.5, 0.6) is 0 Å². The van der Waals surface area contributed by atoms with Gasteiger partial charge in [-0.3, -0.25) is 4.98 Å². The minimum Gasteiger partial charge on any atom is -0.478 e. The van der Waals surface area contributed by atoms with Crippen molar-refractivity contribution in [3.63, 3.8) is 0 Å². The number of aryl methyl sites for hydroxylation is 1. The predicted molar refractivity (Wildman–Crippen MR) is 59.2 cm³/mol. The van der Waals surface area contributed by atoms with Gasteiger partial charge in [-0.15, -0.1) is 11.3 Å². The lowest BCUT2D eigenvalue weighted by Gasteiger charge is -2.02. The summed E-state index contributed by atoms with van der Waals surface area (Å²) >= 11 is 1.57. The van der Waals surface area contributed by atoms with Crippen molar-refractivity contribution < 1.29 is 9.90 Å². The first-order valence-corrected chi connectivity index (χ1v) is 5.30. The lowest BCUT2D eigenvalue weighted by Crippen LogP contribution is -2.01. The highest BCUT2D eigenvalue weighted by molar-refractivity contribution is 7.13. The number of aromatic nitrogens is 1. The molecule has 0 saturated carbocycles. The normalized spacial score (nSPS) is 10.2. The van der Waals surface area contributed by atoms with Crippen molar-refractivity contribution in [3.8, 4) is 10.4 Å². The van der Waals surface area contributed by atoms with Crippen LogP contribution in [0.2, 0.25) is 0 Å². The molecular formula is C11H9NO2S. The van der Waals surface area contributed by atoms with Gasteiger partial charge in [0.25, 0.3) is 0 Å². The van der Waals surface area contributed by atoms with Crippen LogP contribution >= 0.6 is 11.3 Å². The largest absolute Gasteiger partial charge is 0.478 e. The molecule has 2 aromatic heterocycles. The Morgan fingerprint density at radius 1 is 1.53 bits per heavy atom. The van der Waals surface area contributed by atoms with Gasteiger partial charge in [0.15, 0.2) is 0 Å². The van der Waals surface area contributed by atoms with E-state index in [4.69, 9.17) is 5.11 Å². The minimum atomic E-state index is -0.932. The molecule has 76 valence electrons. The Hall–Kier alpha value is -1.68. The maximum Gasteiger partial charge on any atom is 0.337 e. The van der Waals surface area contributed by atoms with Gasteiger partial charge in [-0.05, 0) is 24.4 Å². The van der Waals surface area contributed by atoms with Gasteiger partial charge in [0.05, 0.1) is 11.3 Å². The van der Waals surface area contributed by atoms with Crippen molar-refractivity contribution in [2.24, 2.45) is 0 Å². The van der Waals surface area contributed by atoms with Crippen LogP contribution in [-0.2, 0) is 0 Å². The molecule has 2 aromatic rings. The van der Waals surface area contributed by atoms with E-state index in [-0.39, 0.29) is 5.56 Å². The Kier molecular flexibility index (Phi) is 2.51. The van der Waals surface area contributed by atoms with E-state index in [1.807, 2.05) is 17.5 Å². The van der Waals surface area contributed by atoms with Gasteiger partial charge < -0.3 is 5.11 Å². The summed E-state index contributed by atoms with van der Waals surface area (Å²) in [5.74, 6) is -0.932. The topological polar surface area (TPSA) is 50.2 Å². The molecule has 0 aliphatic rings. The first-order valence-electron chi connectivity index (χ1n) is 4.42. The van der Waals surface area contributed by atoms with Crippen LogP contribution in [-0.4, -0.2) is 16.1 Å². The molecule has 0 saturated heterocycles. The van der Waals surface area contributed by atoms with E-state index in [1.165, 1.54) is 0 Å². The average molecular weight is 219 g/mol. The maximum atomic E-state index is 10.9. The molecule has 0 unspecified atom stereocenters. The number of carboxylic acid groups (broad SMARTS) is 1. The zero-order valence-electron chi connectivity index (χ0n) is 8.10. The third-order valence-corrected chi connectivity index (χ3v) is 3.04. The summed E-state index contributed by atoms with van der Waals surface area (Å²) in [4.78, 5) is 16.0. The quantitative estimate of drug-likeness (QED) is 0.844. The van der Waals surface area contributed by atoms with Crippen LogP contribution in [0.4, 0.5) is 0 Å². The summed E-state index contributed by atoms with van der Waals surface area (Å²) < 4.78 is 0. The Morgan fingerprint density at radius 3 is 2.93 bits per heavy atom. The monoisotopic (exact) mass is 219 g/mol. The van der Waals surface area contributed by atoms with E-state index in [9.17, 15) is 4.79 Å². The van der Waals surface area contributed by atoms with Gasteiger partial charge in [0.1, 0.15) is 0 Å². The zero-order chi connectivity index (χ0) is 10.8. The second-order valence-electron chi connectivity index (χ2n) is 3.14. The number of carbonyl (C=O) groups is 1. The predicted octanol–water partition coefficient (Wildman–Crippen LogP) is 2.82. The number of aromatic carboxylic acids is 1. The molecule has 0 fully saturated rings. The number of carboxylic acids is 1. The van der Waals surface area contributed by atoms with Crippen LogP contribution in [0.15, 0.2) is 29.8 Å². The van der Waals surface area contributed by atoms with Crippen LogP contribution < -0.4 is 0 Å². The number of hydrogen-bond donors (Lipinski definition) is 1. The standard InChI is InChI=1S/C11H9NO2S/c1-7-9(11(13)14)5-8(6-12-7)10-3-2-4-15-10/h2-6H,1H3,(H,13,14). The second-order valence-corrected chi connectivity index (χ2v) is 4.09. The second kappa shape index (κ2) is 3.82. The van der Waals surface area contributed by atoms with Crippen LogP contribution in [0.3, 0.4) is 0 Å². The van der Waals surface area contributed by atoms with Crippen LogP contribution in [0.1, 0.15) is 16.1 Å². The first kappa shape index (κ1) is 9.86. The van der Waals surface area contributed by atoms with Gasteiger partial charge >= 0.3 is 5.97 Å². The van der Waals surface area contributed by atoms with E-state index >= 15 is 0 Å². The van der Waals surface area contributed by atoms with Crippen molar-refractivity contribution in [2.75, 3.05) is 0 Å². The van der Waals surface area contributed by atoms with Crippen LogP contribution in [0.25, 0.3) is 10.4 Å². The lowest BCUT2D eigenvalue weighted by molar-refractivity contribution is 0.0695. The zero-order valence-corrected chi connectivity index (χ0v) is 8.91. The SMILES string of the molecule is Cc1ncc(-c2cccs2)cc1C(=O)O. The fraction of sp³-hybridized carbons (Fsp3) is 0.0909. The van der Waals surface area contributed by atoms with Gasteiger partial charge in [0, 0.05) is 16.6 Å². The molecule has 2 heterocycles. The molecule has 3 nitrogen and oxygen atoms in total. The third-order valence-electron chi connectivity index (χ3n) is 2.12. The van der Waals surface area contributed by atoms with Gasteiger partial charge in [-0.25, -0.2) is 4.79 Å².